The van der Waals surface area contributed by atoms with Gasteiger partial charge in [0.25, 0.3) is 0 Å². The second-order valence-electron chi connectivity index (χ2n) is 8.18. The monoisotopic (exact) mass is 455 g/mol. The number of ether oxygens (including phenoxy) is 1. The number of hydrogen-bond donors (Lipinski definition) is 4. The molecule has 0 aliphatic carbocycles. The summed E-state index contributed by atoms with van der Waals surface area (Å²) in [6.07, 6.45) is 4.63. The second kappa shape index (κ2) is 9.79. The number of pyridine rings is 2. The molecule has 4 rings (SSSR count). The van der Waals surface area contributed by atoms with Crippen LogP contribution in [0.4, 0.5) is 5.69 Å². The second-order valence-corrected chi connectivity index (χ2v) is 8.18. The van der Waals surface area contributed by atoms with Crippen molar-refractivity contribution in [3.8, 4) is 0 Å². The summed E-state index contributed by atoms with van der Waals surface area (Å²) in [4.78, 5) is 27.8. The predicted molar refractivity (Wildman–Crippen MR) is 120 cm³/mol. The first kappa shape index (κ1) is 23.1. The fourth-order valence-electron chi connectivity index (χ4n) is 4.25. The fourth-order valence-corrected chi connectivity index (χ4v) is 4.25. The van der Waals surface area contributed by atoms with Gasteiger partial charge in [-0.15, -0.1) is 0 Å². The Hall–Kier alpha value is -3.12. The van der Waals surface area contributed by atoms with Crippen LogP contribution in [0.1, 0.15) is 31.6 Å². The topological polar surface area (TPSA) is 166 Å². The lowest BCUT2D eigenvalue weighted by molar-refractivity contribution is -0.140. The molecule has 0 spiro atoms. The molecule has 3 aromatic rings. The number of imidazole rings is 1. The molecule has 0 aromatic carbocycles. The fraction of sp³-hybridized carbons (Fsp3) is 0.455. The number of carbonyl (C=O) groups is 1. The number of anilines is 1. The van der Waals surface area contributed by atoms with Gasteiger partial charge in [-0.25, -0.2) is 9.97 Å². The van der Waals surface area contributed by atoms with Gasteiger partial charge in [0.15, 0.2) is 11.9 Å². The molecular weight excluding hydrogens is 426 g/mol. The first-order valence-corrected chi connectivity index (χ1v) is 10.9. The summed E-state index contributed by atoms with van der Waals surface area (Å²) in [5, 5.41) is 21.0. The van der Waals surface area contributed by atoms with Gasteiger partial charge < -0.3 is 31.3 Å². The Labute approximate surface area is 191 Å². The molecule has 0 radical (unpaired) electrons. The van der Waals surface area contributed by atoms with Crippen molar-refractivity contribution in [1.29, 1.82) is 0 Å². The summed E-state index contributed by atoms with van der Waals surface area (Å²) in [5.41, 5.74) is 14.4. The molecule has 11 heteroatoms. The summed E-state index contributed by atoms with van der Waals surface area (Å²) in [7, 11) is 0. The molecule has 2 unspecified atom stereocenters. The van der Waals surface area contributed by atoms with E-state index in [1.54, 1.807) is 35.3 Å². The van der Waals surface area contributed by atoms with Crippen molar-refractivity contribution in [2.45, 2.75) is 56.8 Å². The maximum Gasteiger partial charge on any atom is 0.240 e. The summed E-state index contributed by atoms with van der Waals surface area (Å²) in [6.45, 7) is 1.68. The van der Waals surface area contributed by atoms with Crippen molar-refractivity contribution in [2.75, 3.05) is 12.3 Å². The Kier molecular flexibility index (Phi) is 6.84. The molecule has 5 atom stereocenters. The maximum atomic E-state index is 13.5. The molecular formula is C22H29N7O4. The zero-order valence-electron chi connectivity index (χ0n) is 18.4. The van der Waals surface area contributed by atoms with Crippen LogP contribution in [-0.2, 0) is 16.1 Å². The minimum atomic E-state index is -1.17. The van der Waals surface area contributed by atoms with Gasteiger partial charge in [-0.05, 0) is 24.1 Å². The van der Waals surface area contributed by atoms with Gasteiger partial charge in [-0.3, -0.25) is 14.3 Å². The van der Waals surface area contributed by atoms with E-state index in [1.807, 2.05) is 13.0 Å². The molecule has 1 fully saturated rings. The van der Waals surface area contributed by atoms with Gasteiger partial charge in [0.2, 0.25) is 5.91 Å². The quantitative estimate of drug-likeness (QED) is 0.371. The van der Waals surface area contributed by atoms with Crippen molar-refractivity contribution in [1.82, 2.24) is 24.4 Å². The van der Waals surface area contributed by atoms with E-state index in [0.29, 0.717) is 23.3 Å². The highest BCUT2D eigenvalue weighted by Crippen LogP contribution is 2.36. The van der Waals surface area contributed by atoms with E-state index in [4.69, 9.17) is 16.2 Å². The van der Waals surface area contributed by atoms with E-state index in [-0.39, 0.29) is 12.5 Å². The number of aliphatic hydroxyl groups excluding tert-OH is 2. The highest BCUT2D eigenvalue weighted by Gasteiger charge is 2.49. The van der Waals surface area contributed by atoms with Crippen molar-refractivity contribution in [2.24, 2.45) is 5.73 Å². The van der Waals surface area contributed by atoms with Gasteiger partial charge in [-0.1, -0.05) is 19.4 Å². The first-order chi connectivity index (χ1) is 16.0. The van der Waals surface area contributed by atoms with Crippen LogP contribution in [0, 0.1) is 0 Å². The van der Waals surface area contributed by atoms with E-state index in [2.05, 4.69) is 15.0 Å². The van der Waals surface area contributed by atoms with Crippen LogP contribution >= 0.6 is 0 Å². The third-order valence-electron chi connectivity index (χ3n) is 5.92. The third-order valence-corrected chi connectivity index (χ3v) is 5.92. The summed E-state index contributed by atoms with van der Waals surface area (Å²) >= 11 is 0. The Morgan fingerprint density at radius 3 is 2.85 bits per heavy atom. The lowest BCUT2D eigenvalue weighted by Gasteiger charge is -2.35. The van der Waals surface area contributed by atoms with Crippen LogP contribution in [0.25, 0.3) is 11.2 Å². The molecule has 1 aliphatic rings. The SMILES string of the molecule is CCCC(N)C(=O)N(Cc1cccnc1)[C@H]1C(O)[C@@H](CO)O[C@H]1n1cnc2c(N)ccnc21. The molecule has 11 nitrogen and oxygen atoms in total. The largest absolute Gasteiger partial charge is 0.397 e. The average molecular weight is 456 g/mol. The number of aromatic nitrogens is 4. The predicted octanol–water partition coefficient (Wildman–Crippen LogP) is 0.184. The Balaban J connectivity index is 1.78. The third kappa shape index (κ3) is 4.40. The van der Waals surface area contributed by atoms with Crippen molar-refractivity contribution in [3.05, 3.63) is 48.7 Å². The molecule has 6 N–H and O–H groups in total. The number of hydrogen-bond acceptors (Lipinski definition) is 9. The molecule has 0 bridgehead atoms. The number of nitrogens with zero attached hydrogens (tertiary/aromatic N) is 5. The lowest BCUT2D eigenvalue weighted by Crippen LogP contribution is -2.54. The zero-order valence-corrected chi connectivity index (χ0v) is 18.4. The van der Waals surface area contributed by atoms with E-state index in [9.17, 15) is 15.0 Å². The van der Waals surface area contributed by atoms with Gasteiger partial charge >= 0.3 is 0 Å². The number of carbonyl (C=O) groups excluding carboxylic acids is 1. The average Bonchev–Trinajstić information content (AvgIpc) is 3.39. The van der Waals surface area contributed by atoms with Crippen LogP contribution in [0.3, 0.4) is 0 Å². The molecule has 1 saturated heterocycles. The van der Waals surface area contributed by atoms with Crippen LogP contribution in [0.2, 0.25) is 0 Å². The molecule has 0 saturated carbocycles. The van der Waals surface area contributed by atoms with Crippen molar-refractivity contribution >= 4 is 22.8 Å². The normalized spacial score (nSPS) is 23.6. The lowest BCUT2D eigenvalue weighted by atomic mass is 10.0. The Morgan fingerprint density at radius 2 is 2.15 bits per heavy atom. The summed E-state index contributed by atoms with van der Waals surface area (Å²) in [6, 6.07) is 3.64. The van der Waals surface area contributed by atoms with Crippen LogP contribution in [-0.4, -0.2) is 71.4 Å². The van der Waals surface area contributed by atoms with E-state index in [1.165, 1.54) is 11.2 Å². The standard InChI is InChI=1S/C22H29N7O4/c1-2-4-15(24)21(32)28(10-13-5-3-7-25-9-13)18-19(31)16(11-30)33-22(18)29-12-27-17-14(23)6-8-26-20(17)29/h3,5-9,12,15-16,18-19,22,30-31H,2,4,10-11,24H2,1H3,(H2,23,26)/t15?,16-,18+,19?,22-/m1/s1. The summed E-state index contributed by atoms with van der Waals surface area (Å²) < 4.78 is 7.66. The number of aliphatic hydroxyl groups is 2. The number of nitrogen functional groups attached to an aromatic ring is 1. The van der Waals surface area contributed by atoms with Crippen LogP contribution in [0.15, 0.2) is 43.1 Å². The summed E-state index contributed by atoms with van der Waals surface area (Å²) in [5.74, 6) is -0.325. The van der Waals surface area contributed by atoms with Gasteiger partial charge in [-0.2, -0.15) is 0 Å². The van der Waals surface area contributed by atoms with E-state index in [0.717, 1.165) is 12.0 Å². The number of fused-ring (bicyclic) bond motifs is 1. The molecule has 3 aromatic heterocycles. The maximum absolute atomic E-state index is 13.5. The minimum Gasteiger partial charge on any atom is -0.397 e. The Bertz CT molecular complexity index is 1090. The van der Waals surface area contributed by atoms with Gasteiger partial charge in [0, 0.05) is 25.1 Å². The number of rotatable bonds is 8. The van der Waals surface area contributed by atoms with Gasteiger partial charge in [0.1, 0.15) is 23.8 Å². The smallest absolute Gasteiger partial charge is 0.240 e. The molecule has 1 amide bonds. The minimum absolute atomic E-state index is 0.159. The number of amides is 1. The number of nitrogens with two attached hydrogens (primary N) is 2. The first-order valence-electron chi connectivity index (χ1n) is 10.9. The van der Waals surface area contributed by atoms with Crippen LogP contribution < -0.4 is 11.5 Å². The highest BCUT2D eigenvalue weighted by atomic mass is 16.5. The Morgan fingerprint density at radius 1 is 1.33 bits per heavy atom. The zero-order chi connectivity index (χ0) is 23.5. The molecule has 33 heavy (non-hydrogen) atoms. The van der Waals surface area contributed by atoms with Crippen LogP contribution in [0.5, 0.6) is 0 Å². The van der Waals surface area contributed by atoms with E-state index < -0.39 is 37.1 Å². The van der Waals surface area contributed by atoms with E-state index >= 15 is 0 Å². The van der Waals surface area contributed by atoms with Crippen molar-refractivity contribution < 1.29 is 19.7 Å². The molecule has 176 valence electrons. The molecule has 4 heterocycles. The van der Waals surface area contributed by atoms with Gasteiger partial charge in [0.05, 0.1) is 24.7 Å². The highest BCUT2D eigenvalue weighted by molar-refractivity contribution is 5.84. The van der Waals surface area contributed by atoms with Crippen molar-refractivity contribution in [3.63, 3.8) is 0 Å². The molecule has 1 aliphatic heterocycles.